The van der Waals surface area contributed by atoms with Crippen molar-refractivity contribution in [2.75, 3.05) is 26.2 Å². The fourth-order valence-corrected chi connectivity index (χ4v) is 4.13. The van der Waals surface area contributed by atoms with Crippen LogP contribution in [0.25, 0.3) is 0 Å². The number of carbonyl (C=O) groups is 2. The van der Waals surface area contributed by atoms with Gasteiger partial charge in [0.25, 0.3) is 0 Å². The summed E-state index contributed by atoms with van der Waals surface area (Å²) >= 11 is 0. The van der Waals surface area contributed by atoms with Gasteiger partial charge in [0.1, 0.15) is 0 Å². The molecule has 0 radical (unpaired) electrons. The van der Waals surface area contributed by atoms with Gasteiger partial charge in [0.15, 0.2) is 0 Å². The number of amides is 2. The largest absolute Gasteiger partial charge is 0.350 e. The predicted molar refractivity (Wildman–Crippen MR) is 100 cm³/mol. The Balaban J connectivity index is 1.56. The zero-order chi connectivity index (χ0) is 18.5. The molecule has 0 aliphatic carbocycles. The summed E-state index contributed by atoms with van der Waals surface area (Å²) in [6.45, 7) is 7.76. The van der Waals surface area contributed by atoms with Gasteiger partial charge in [0.05, 0.1) is 12.2 Å². The highest BCUT2D eigenvalue weighted by Gasteiger charge is 2.34. The molecule has 1 aromatic rings. The maximum absolute atomic E-state index is 12.4. The fraction of sp³-hybridized carbons (Fsp3) is 0.650. The molecule has 6 heteroatoms. The number of pyridine rings is 1. The van der Waals surface area contributed by atoms with Crippen LogP contribution >= 0.6 is 0 Å². The van der Waals surface area contributed by atoms with Crippen molar-refractivity contribution in [1.82, 2.24) is 20.1 Å². The zero-order valence-corrected chi connectivity index (χ0v) is 15.9. The first-order valence-corrected chi connectivity index (χ1v) is 9.77. The van der Waals surface area contributed by atoms with Crippen LogP contribution in [0.5, 0.6) is 0 Å². The molecule has 1 N–H and O–H groups in total. The number of rotatable bonds is 7. The van der Waals surface area contributed by atoms with Gasteiger partial charge < -0.3 is 10.2 Å². The summed E-state index contributed by atoms with van der Waals surface area (Å²) in [6.07, 6.45) is 3.65. The topological polar surface area (TPSA) is 65.5 Å². The van der Waals surface area contributed by atoms with Gasteiger partial charge in [-0.3, -0.25) is 19.5 Å². The van der Waals surface area contributed by atoms with Crippen LogP contribution in [0.15, 0.2) is 18.2 Å². The first-order valence-electron chi connectivity index (χ1n) is 9.77. The molecule has 0 bridgehead atoms. The van der Waals surface area contributed by atoms with E-state index in [1.165, 1.54) is 0 Å². The lowest BCUT2D eigenvalue weighted by Gasteiger charge is -2.21. The average molecular weight is 358 g/mol. The zero-order valence-electron chi connectivity index (χ0n) is 15.9. The SMILES string of the molecule is CCC[C@@H]1CN(Cc2cccc(C)n2)C[C@H]1NC(=O)CN1CCCC1=O. The van der Waals surface area contributed by atoms with Crippen LogP contribution in [0, 0.1) is 12.8 Å². The quantitative estimate of drug-likeness (QED) is 0.806. The summed E-state index contributed by atoms with van der Waals surface area (Å²) in [4.78, 5) is 32.8. The van der Waals surface area contributed by atoms with Gasteiger partial charge in [-0.1, -0.05) is 19.4 Å². The third kappa shape index (κ3) is 4.81. The van der Waals surface area contributed by atoms with Crippen LogP contribution in [-0.4, -0.2) is 58.8 Å². The van der Waals surface area contributed by atoms with Crippen molar-refractivity contribution in [2.24, 2.45) is 5.92 Å². The maximum Gasteiger partial charge on any atom is 0.239 e. The maximum atomic E-state index is 12.4. The molecule has 0 aromatic carbocycles. The fourth-order valence-electron chi connectivity index (χ4n) is 4.13. The number of aryl methyl sites for hydroxylation is 1. The number of aromatic nitrogens is 1. The molecule has 2 fully saturated rings. The van der Waals surface area contributed by atoms with Crippen molar-refractivity contribution >= 4 is 11.8 Å². The number of hydrogen-bond donors (Lipinski definition) is 1. The van der Waals surface area contributed by atoms with Gasteiger partial charge in [0, 0.05) is 44.3 Å². The first kappa shape index (κ1) is 18.8. The van der Waals surface area contributed by atoms with Crippen molar-refractivity contribution in [3.63, 3.8) is 0 Å². The Labute approximate surface area is 156 Å². The summed E-state index contributed by atoms with van der Waals surface area (Å²) in [7, 11) is 0. The smallest absolute Gasteiger partial charge is 0.239 e. The van der Waals surface area contributed by atoms with Gasteiger partial charge in [-0.25, -0.2) is 0 Å². The minimum absolute atomic E-state index is 0.0260. The van der Waals surface area contributed by atoms with Crippen LogP contribution < -0.4 is 5.32 Å². The van der Waals surface area contributed by atoms with Gasteiger partial charge in [-0.15, -0.1) is 0 Å². The van der Waals surface area contributed by atoms with E-state index in [1.807, 2.05) is 19.1 Å². The minimum atomic E-state index is -0.0260. The predicted octanol–water partition coefficient (Wildman–Crippen LogP) is 1.73. The highest BCUT2D eigenvalue weighted by molar-refractivity contribution is 5.86. The molecule has 2 aliphatic heterocycles. The van der Waals surface area contributed by atoms with Crippen molar-refractivity contribution in [3.8, 4) is 0 Å². The van der Waals surface area contributed by atoms with Crippen LogP contribution in [0.1, 0.15) is 44.0 Å². The normalized spacial score (nSPS) is 23.6. The Hall–Kier alpha value is -1.95. The summed E-state index contributed by atoms with van der Waals surface area (Å²) in [6, 6.07) is 6.27. The van der Waals surface area contributed by atoms with Gasteiger partial charge in [-0.05, 0) is 37.8 Å². The summed E-state index contributed by atoms with van der Waals surface area (Å²) in [5, 5.41) is 3.19. The number of likely N-dealkylation sites (tertiary alicyclic amines) is 2. The Morgan fingerprint density at radius 3 is 2.88 bits per heavy atom. The third-order valence-electron chi connectivity index (χ3n) is 5.36. The third-order valence-corrected chi connectivity index (χ3v) is 5.36. The first-order chi connectivity index (χ1) is 12.5. The van der Waals surface area contributed by atoms with Crippen molar-refractivity contribution in [2.45, 2.75) is 52.1 Å². The Morgan fingerprint density at radius 2 is 2.19 bits per heavy atom. The molecule has 142 valence electrons. The molecule has 26 heavy (non-hydrogen) atoms. The van der Waals surface area contributed by atoms with E-state index in [0.717, 1.165) is 50.3 Å². The summed E-state index contributed by atoms with van der Waals surface area (Å²) in [5.74, 6) is 0.536. The van der Waals surface area contributed by atoms with Crippen molar-refractivity contribution in [1.29, 1.82) is 0 Å². The van der Waals surface area contributed by atoms with E-state index >= 15 is 0 Å². The van der Waals surface area contributed by atoms with Crippen LogP contribution in [0.3, 0.4) is 0 Å². The Morgan fingerprint density at radius 1 is 1.35 bits per heavy atom. The van der Waals surface area contributed by atoms with E-state index < -0.39 is 0 Å². The number of nitrogens with one attached hydrogen (secondary N) is 1. The monoisotopic (exact) mass is 358 g/mol. The van der Waals surface area contributed by atoms with E-state index in [0.29, 0.717) is 18.9 Å². The number of carbonyl (C=O) groups excluding carboxylic acids is 2. The minimum Gasteiger partial charge on any atom is -0.350 e. The second-order valence-electron chi connectivity index (χ2n) is 7.61. The van der Waals surface area contributed by atoms with E-state index in [1.54, 1.807) is 4.90 Å². The van der Waals surface area contributed by atoms with E-state index in [9.17, 15) is 9.59 Å². The summed E-state index contributed by atoms with van der Waals surface area (Å²) in [5.41, 5.74) is 2.11. The molecular weight excluding hydrogens is 328 g/mol. The number of hydrogen-bond acceptors (Lipinski definition) is 4. The highest BCUT2D eigenvalue weighted by Crippen LogP contribution is 2.23. The Kier molecular flexibility index (Phi) is 6.25. The highest BCUT2D eigenvalue weighted by atomic mass is 16.2. The van der Waals surface area contributed by atoms with Gasteiger partial charge >= 0.3 is 0 Å². The molecule has 2 saturated heterocycles. The molecule has 6 nitrogen and oxygen atoms in total. The second-order valence-corrected chi connectivity index (χ2v) is 7.61. The molecule has 2 amide bonds. The van der Waals surface area contributed by atoms with Crippen molar-refractivity contribution in [3.05, 3.63) is 29.6 Å². The molecular formula is C20H30N4O2. The lowest BCUT2D eigenvalue weighted by atomic mass is 9.98. The van der Waals surface area contributed by atoms with Crippen LogP contribution in [0.2, 0.25) is 0 Å². The molecule has 2 atom stereocenters. The van der Waals surface area contributed by atoms with Gasteiger partial charge in [-0.2, -0.15) is 0 Å². The van der Waals surface area contributed by atoms with Crippen LogP contribution in [-0.2, 0) is 16.1 Å². The van der Waals surface area contributed by atoms with Gasteiger partial charge in [0.2, 0.25) is 11.8 Å². The lowest BCUT2D eigenvalue weighted by Crippen LogP contribution is -2.45. The molecule has 0 spiro atoms. The molecule has 3 rings (SSSR count). The lowest BCUT2D eigenvalue weighted by molar-refractivity contribution is -0.133. The second kappa shape index (κ2) is 8.62. The molecule has 3 heterocycles. The van der Waals surface area contributed by atoms with E-state index in [2.05, 4.69) is 28.2 Å². The molecule has 0 unspecified atom stereocenters. The van der Waals surface area contributed by atoms with Crippen molar-refractivity contribution < 1.29 is 9.59 Å². The van der Waals surface area contributed by atoms with E-state index in [4.69, 9.17) is 0 Å². The average Bonchev–Trinajstić information content (AvgIpc) is 3.14. The van der Waals surface area contributed by atoms with Crippen LogP contribution in [0.4, 0.5) is 0 Å². The molecule has 2 aliphatic rings. The Bertz CT molecular complexity index is 648. The van der Waals surface area contributed by atoms with E-state index in [-0.39, 0.29) is 24.4 Å². The molecule has 0 saturated carbocycles. The standard InChI is InChI=1S/C20H30N4O2/c1-3-6-16-11-23(12-17-8-4-7-15(2)21-17)13-18(16)22-19(25)14-24-10-5-9-20(24)26/h4,7-8,16,18H,3,5-6,9-14H2,1-2H3,(H,22,25)/t16-,18-/m1/s1. The number of nitrogens with zero attached hydrogens (tertiary/aromatic N) is 3. The summed E-state index contributed by atoms with van der Waals surface area (Å²) < 4.78 is 0. The molecule has 1 aromatic heterocycles.